The average Bonchev–Trinajstić information content (AvgIpc) is 2.74. The van der Waals surface area contributed by atoms with Crippen LogP contribution >= 0.6 is 11.6 Å². The monoisotopic (exact) mass is 267 g/mol. The first kappa shape index (κ1) is 12.9. The number of benzene rings is 1. The third kappa shape index (κ3) is 2.19. The fourth-order valence-corrected chi connectivity index (χ4v) is 2.29. The van der Waals surface area contributed by atoms with Crippen LogP contribution in [-0.4, -0.2) is 18.4 Å². The summed E-state index contributed by atoms with van der Waals surface area (Å²) in [7, 11) is 0. The van der Waals surface area contributed by atoms with Crippen molar-refractivity contribution in [2.45, 2.75) is 13.3 Å². The maximum atomic E-state index is 11.9. The summed E-state index contributed by atoms with van der Waals surface area (Å²) < 4.78 is 0. The van der Waals surface area contributed by atoms with Gasteiger partial charge in [0, 0.05) is 23.7 Å². The van der Waals surface area contributed by atoms with E-state index in [-0.39, 0.29) is 18.2 Å². The zero-order valence-electron chi connectivity index (χ0n) is 9.94. The van der Waals surface area contributed by atoms with Crippen LogP contribution in [0, 0.1) is 12.8 Å². The number of hydrogen-bond acceptors (Lipinski definition) is 3. The summed E-state index contributed by atoms with van der Waals surface area (Å²) in [6.07, 6.45) is 0.176. The van der Waals surface area contributed by atoms with E-state index >= 15 is 0 Å². The number of hydrazine groups is 1. The first-order valence-electron chi connectivity index (χ1n) is 5.60. The Kier molecular flexibility index (Phi) is 3.54. The number of anilines is 1. The average molecular weight is 268 g/mol. The molecule has 2 amide bonds. The maximum absolute atomic E-state index is 11.9. The Balaban J connectivity index is 2.27. The van der Waals surface area contributed by atoms with Gasteiger partial charge in [-0.2, -0.15) is 0 Å². The second kappa shape index (κ2) is 4.96. The molecule has 1 aliphatic heterocycles. The van der Waals surface area contributed by atoms with Crippen LogP contribution in [0.4, 0.5) is 5.69 Å². The van der Waals surface area contributed by atoms with E-state index in [1.165, 1.54) is 0 Å². The van der Waals surface area contributed by atoms with Crippen LogP contribution in [0.2, 0.25) is 5.02 Å². The predicted molar refractivity (Wildman–Crippen MR) is 69.0 cm³/mol. The molecule has 0 radical (unpaired) electrons. The lowest BCUT2D eigenvalue weighted by molar-refractivity contribution is -0.126. The molecule has 0 bridgehead atoms. The number of nitrogens with one attached hydrogen (secondary N) is 1. The van der Waals surface area contributed by atoms with Crippen LogP contribution < -0.4 is 16.2 Å². The Morgan fingerprint density at radius 2 is 2.28 bits per heavy atom. The van der Waals surface area contributed by atoms with Gasteiger partial charge in [-0.3, -0.25) is 15.0 Å². The highest BCUT2D eigenvalue weighted by Crippen LogP contribution is 2.31. The molecule has 96 valence electrons. The molecule has 1 aromatic carbocycles. The molecule has 1 aliphatic rings. The zero-order chi connectivity index (χ0) is 13.3. The van der Waals surface area contributed by atoms with E-state index in [0.717, 1.165) is 11.3 Å². The summed E-state index contributed by atoms with van der Waals surface area (Å²) in [6, 6.07) is 5.38. The maximum Gasteiger partial charge on any atom is 0.239 e. The fraction of sp³-hybridized carbons (Fsp3) is 0.333. The smallest absolute Gasteiger partial charge is 0.239 e. The minimum Gasteiger partial charge on any atom is -0.311 e. The molecule has 0 aromatic heterocycles. The summed E-state index contributed by atoms with van der Waals surface area (Å²) in [5.74, 6) is 4.28. The number of carbonyl (C=O) groups is 2. The van der Waals surface area contributed by atoms with Gasteiger partial charge in [0.05, 0.1) is 5.92 Å². The fourth-order valence-electron chi connectivity index (χ4n) is 2.12. The van der Waals surface area contributed by atoms with Crippen molar-refractivity contribution >= 4 is 29.1 Å². The number of halogens is 1. The van der Waals surface area contributed by atoms with Crippen LogP contribution in [0.25, 0.3) is 0 Å². The molecular weight excluding hydrogens is 254 g/mol. The molecule has 0 aliphatic carbocycles. The molecule has 3 N–H and O–H groups in total. The summed E-state index contributed by atoms with van der Waals surface area (Å²) in [4.78, 5) is 25.0. The molecule has 5 nitrogen and oxygen atoms in total. The second-order valence-electron chi connectivity index (χ2n) is 4.30. The third-order valence-corrected chi connectivity index (χ3v) is 3.58. The Morgan fingerprint density at radius 1 is 1.56 bits per heavy atom. The lowest BCUT2D eigenvalue weighted by Gasteiger charge is -2.19. The molecule has 18 heavy (non-hydrogen) atoms. The van der Waals surface area contributed by atoms with E-state index < -0.39 is 5.92 Å². The lowest BCUT2D eigenvalue weighted by Crippen LogP contribution is -2.37. The van der Waals surface area contributed by atoms with Crippen molar-refractivity contribution in [3.8, 4) is 0 Å². The Hall–Kier alpha value is -1.59. The summed E-state index contributed by atoms with van der Waals surface area (Å²) in [6.45, 7) is 2.18. The minimum atomic E-state index is -0.402. The summed E-state index contributed by atoms with van der Waals surface area (Å²) >= 11 is 6.03. The van der Waals surface area contributed by atoms with Gasteiger partial charge in [0.15, 0.2) is 0 Å². The van der Waals surface area contributed by atoms with E-state index in [2.05, 4.69) is 5.43 Å². The van der Waals surface area contributed by atoms with Crippen LogP contribution in [0.1, 0.15) is 12.0 Å². The molecule has 6 heteroatoms. The summed E-state index contributed by atoms with van der Waals surface area (Å²) in [5, 5.41) is 0.604. The Bertz CT molecular complexity index is 504. The Morgan fingerprint density at radius 3 is 2.94 bits per heavy atom. The second-order valence-corrected chi connectivity index (χ2v) is 4.71. The van der Waals surface area contributed by atoms with Gasteiger partial charge in [-0.05, 0) is 24.6 Å². The number of nitrogens with zero attached hydrogens (tertiary/aromatic N) is 1. The van der Waals surface area contributed by atoms with Crippen molar-refractivity contribution in [1.82, 2.24) is 5.43 Å². The van der Waals surface area contributed by atoms with E-state index in [0.29, 0.717) is 11.6 Å². The van der Waals surface area contributed by atoms with Gasteiger partial charge in [-0.25, -0.2) is 5.84 Å². The molecule has 0 saturated carbocycles. The number of nitrogens with two attached hydrogens (primary N) is 1. The molecule has 1 unspecified atom stereocenters. The highest BCUT2D eigenvalue weighted by molar-refractivity contribution is 6.31. The quantitative estimate of drug-likeness (QED) is 0.477. The first-order valence-corrected chi connectivity index (χ1v) is 5.98. The number of rotatable bonds is 2. The van der Waals surface area contributed by atoms with Gasteiger partial charge in [0.25, 0.3) is 0 Å². The van der Waals surface area contributed by atoms with Crippen molar-refractivity contribution in [2.75, 3.05) is 11.4 Å². The lowest BCUT2D eigenvalue weighted by atomic mass is 10.1. The van der Waals surface area contributed by atoms with Crippen molar-refractivity contribution < 1.29 is 9.59 Å². The van der Waals surface area contributed by atoms with Crippen LogP contribution in [-0.2, 0) is 9.59 Å². The van der Waals surface area contributed by atoms with Crippen LogP contribution in [0.15, 0.2) is 18.2 Å². The van der Waals surface area contributed by atoms with Crippen molar-refractivity contribution in [3.63, 3.8) is 0 Å². The molecule has 1 heterocycles. The van der Waals surface area contributed by atoms with E-state index in [1.54, 1.807) is 17.0 Å². The third-order valence-electron chi connectivity index (χ3n) is 3.17. The highest BCUT2D eigenvalue weighted by atomic mass is 35.5. The predicted octanol–water partition coefficient (Wildman–Crippen LogP) is 0.991. The number of hydrogen-bond donors (Lipinski definition) is 2. The first-order chi connectivity index (χ1) is 8.54. The molecule has 1 saturated heterocycles. The minimum absolute atomic E-state index is 0.0889. The molecular formula is C12H14ClN3O2. The van der Waals surface area contributed by atoms with E-state index in [4.69, 9.17) is 17.4 Å². The van der Waals surface area contributed by atoms with Gasteiger partial charge in [0.2, 0.25) is 11.8 Å². The largest absolute Gasteiger partial charge is 0.311 e. The molecule has 2 rings (SSSR count). The topological polar surface area (TPSA) is 75.4 Å². The molecule has 1 aromatic rings. The number of carbonyl (C=O) groups excluding carboxylic acids is 2. The summed E-state index contributed by atoms with van der Waals surface area (Å²) in [5.41, 5.74) is 3.67. The highest BCUT2D eigenvalue weighted by Gasteiger charge is 2.35. The van der Waals surface area contributed by atoms with Gasteiger partial charge in [-0.15, -0.1) is 0 Å². The van der Waals surface area contributed by atoms with Gasteiger partial charge >= 0.3 is 0 Å². The van der Waals surface area contributed by atoms with E-state index in [1.807, 2.05) is 13.0 Å². The van der Waals surface area contributed by atoms with Gasteiger partial charge in [-0.1, -0.05) is 17.7 Å². The molecule has 0 spiro atoms. The Labute approximate surface area is 110 Å². The van der Waals surface area contributed by atoms with Crippen molar-refractivity contribution in [2.24, 2.45) is 11.8 Å². The van der Waals surface area contributed by atoms with Crippen molar-refractivity contribution in [3.05, 3.63) is 28.8 Å². The standard InChI is InChI=1S/C12H14ClN3O2/c1-7-9(13)3-2-4-10(7)16-6-8(5-11(16)17)12(18)15-14/h2-4,8H,5-6,14H2,1H3,(H,15,18). The molecule has 1 fully saturated rings. The van der Waals surface area contributed by atoms with E-state index in [9.17, 15) is 9.59 Å². The van der Waals surface area contributed by atoms with Crippen LogP contribution in [0.3, 0.4) is 0 Å². The SMILES string of the molecule is Cc1c(Cl)cccc1N1CC(C(=O)NN)CC1=O. The molecule has 1 atom stereocenters. The van der Waals surface area contributed by atoms with Gasteiger partial charge < -0.3 is 4.90 Å². The van der Waals surface area contributed by atoms with Crippen LogP contribution in [0.5, 0.6) is 0 Å². The number of amides is 2. The van der Waals surface area contributed by atoms with Crippen molar-refractivity contribution in [1.29, 1.82) is 0 Å². The normalized spacial score (nSPS) is 19.2. The van der Waals surface area contributed by atoms with Gasteiger partial charge in [0.1, 0.15) is 0 Å². The zero-order valence-corrected chi connectivity index (χ0v) is 10.7.